The van der Waals surface area contributed by atoms with Gasteiger partial charge in [-0.1, -0.05) is 42.0 Å². The number of aliphatic carboxylic acids is 1. The monoisotopic (exact) mass is 439 g/mol. The van der Waals surface area contributed by atoms with Crippen LogP contribution in [0.3, 0.4) is 0 Å². The van der Waals surface area contributed by atoms with E-state index in [0.717, 1.165) is 16.6 Å². The van der Waals surface area contributed by atoms with Crippen molar-refractivity contribution in [2.45, 2.75) is 58.3 Å². The zero-order chi connectivity index (χ0) is 23.5. The normalized spacial score (nSPS) is 17.6. The second kappa shape index (κ2) is 9.34. The highest BCUT2D eigenvalue weighted by Gasteiger charge is 2.52. The second-order valence-corrected chi connectivity index (χ2v) is 9.04. The van der Waals surface area contributed by atoms with Crippen LogP contribution in [0.25, 0.3) is 0 Å². The molecule has 32 heavy (non-hydrogen) atoms. The zero-order valence-corrected chi connectivity index (χ0v) is 19.2. The van der Waals surface area contributed by atoms with E-state index in [2.05, 4.69) is 5.32 Å². The fraction of sp³-hybridized carbons (Fsp3) is 0.417. The summed E-state index contributed by atoms with van der Waals surface area (Å²) in [6.45, 7) is 9.60. The standard InChI is InChI=1S/C24H30BNO6/c1-16-11-12-18(14-19(16)25-31-23(2,3)24(4,5)32-25)30-15-21(27)26-20(22(28)29)13-17-9-7-6-8-10-17/h6-12,14,20H,13,15H2,1-5H3,(H,26,27)(H,28,29)/t20-/m0/s1. The lowest BCUT2D eigenvalue weighted by molar-refractivity contribution is -0.142. The Balaban J connectivity index is 1.62. The van der Waals surface area contributed by atoms with E-state index in [1.165, 1.54) is 0 Å². The van der Waals surface area contributed by atoms with Gasteiger partial charge in [0.2, 0.25) is 0 Å². The molecule has 3 rings (SSSR count). The van der Waals surface area contributed by atoms with E-state index in [1.807, 2.05) is 71.0 Å². The van der Waals surface area contributed by atoms with Gasteiger partial charge in [-0.25, -0.2) is 4.79 Å². The van der Waals surface area contributed by atoms with Crippen molar-refractivity contribution < 1.29 is 28.7 Å². The molecular formula is C24H30BNO6. The summed E-state index contributed by atoms with van der Waals surface area (Å²) in [6.07, 6.45) is 0.193. The van der Waals surface area contributed by atoms with Gasteiger partial charge in [0.05, 0.1) is 11.2 Å². The van der Waals surface area contributed by atoms with Crippen LogP contribution in [0.2, 0.25) is 0 Å². The Kier molecular flexibility index (Phi) is 6.95. The first-order chi connectivity index (χ1) is 15.0. The van der Waals surface area contributed by atoms with Crippen LogP contribution in [0.4, 0.5) is 0 Å². The Labute approximate surface area is 189 Å². The molecule has 0 bridgehead atoms. The molecule has 1 saturated heterocycles. The molecule has 170 valence electrons. The lowest BCUT2D eigenvalue weighted by Gasteiger charge is -2.32. The van der Waals surface area contributed by atoms with Gasteiger partial charge in [0.25, 0.3) is 5.91 Å². The van der Waals surface area contributed by atoms with Crippen LogP contribution in [0.1, 0.15) is 38.8 Å². The first kappa shape index (κ1) is 23.8. The van der Waals surface area contributed by atoms with Crippen molar-refractivity contribution >= 4 is 24.5 Å². The number of carboxylic acid groups (broad SMARTS) is 1. The Hall–Kier alpha value is -2.84. The summed E-state index contributed by atoms with van der Waals surface area (Å²) in [5, 5.41) is 12.0. The molecule has 1 heterocycles. The van der Waals surface area contributed by atoms with Crippen LogP contribution in [0.5, 0.6) is 5.75 Å². The molecule has 2 N–H and O–H groups in total. The fourth-order valence-electron chi connectivity index (χ4n) is 3.37. The van der Waals surface area contributed by atoms with Gasteiger partial charge >= 0.3 is 13.1 Å². The number of rotatable bonds is 8. The zero-order valence-electron chi connectivity index (χ0n) is 19.2. The van der Waals surface area contributed by atoms with Gasteiger partial charge in [-0.05, 0) is 57.8 Å². The SMILES string of the molecule is Cc1ccc(OCC(=O)N[C@@H](Cc2ccccc2)C(=O)O)cc1B1OC(C)(C)C(C)(C)O1. The molecule has 2 aromatic carbocycles. The number of ether oxygens (including phenoxy) is 1. The van der Waals surface area contributed by atoms with E-state index in [9.17, 15) is 14.7 Å². The quantitative estimate of drug-likeness (QED) is 0.614. The molecule has 1 aliphatic heterocycles. The number of hydrogen-bond acceptors (Lipinski definition) is 5. The molecule has 1 atom stereocenters. The number of carboxylic acids is 1. The van der Waals surface area contributed by atoms with Crippen LogP contribution in [0.15, 0.2) is 48.5 Å². The van der Waals surface area contributed by atoms with Crippen molar-refractivity contribution in [1.29, 1.82) is 0 Å². The van der Waals surface area contributed by atoms with Crippen molar-refractivity contribution in [2.24, 2.45) is 0 Å². The van der Waals surface area contributed by atoms with Gasteiger partial charge in [-0.2, -0.15) is 0 Å². The van der Waals surface area contributed by atoms with Crippen LogP contribution in [-0.4, -0.2) is 48.0 Å². The number of carbonyl (C=O) groups excluding carboxylic acids is 1. The Bertz CT molecular complexity index is 960. The first-order valence-corrected chi connectivity index (χ1v) is 10.6. The third-order valence-corrected chi connectivity index (χ3v) is 6.04. The Morgan fingerprint density at radius 2 is 1.69 bits per heavy atom. The third-order valence-electron chi connectivity index (χ3n) is 6.04. The minimum atomic E-state index is -1.10. The van der Waals surface area contributed by atoms with Crippen LogP contribution >= 0.6 is 0 Å². The highest BCUT2D eigenvalue weighted by atomic mass is 16.7. The van der Waals surface area contributed by atoms with Crippen molar-refractivity contribution in [3.8, 4) is 5.75 Å². The number of benzene rings is 2. The lowest BCUT2D eigenvalue weighted by atomic mass is 9.76. The van der Waals surface area contributed by atoms with E-state index >= 15 is 0 Å². The maximum atomic E-state index is 12.4. The van der Waals surface area contributed by atoms with Crippen LogP contribution in [0, 0.1) is 6.92 Å². The second-order valence-electron chi connectivity index (χ2n) is 9.04. The topological polar surface area (TPSA) is 94.1 Å². The summed E-state index contributed by atoms with van der Waals surface area (Å²) in [5.74, 6) is -1.13. The van der Waals surface area contributed by atoms with Gasteiger partial charge in [0.1, 0.15) is 11.8 Å². The van der Waals surface area contributed by atoms with E-state index in [-0.39, 0.29) is 13.0 Å². The Morgan fingerprint density at radius 3 is 2.28 bits per heavy atom. The van der Waals surface area contributed by atoms with E-state index in [4.69, 9.17) is 14.0 Å². The van der Waals surface area contributed by atoms with Gasteiger partial charge in [-0.3, -0.25) is 4.79 Å². The number of hydrogen-bond donors (Lipinski definition) is 2. The molecule has 1 fully saturated rings. The van der Waals surface area contributed by atoms with Crippen molar-refractivity contribution in [2.75, 3.05) is 6.61 Å². The third kappa shape index (κ3) is 5.50. The van der Waals surface area contributed by atoms with Crippen molar-refractivity contribution in [3.63, 3.8) is 0 Å². The smallest absolute Gasteiger partial charge is 0.484 e. The lowest BCUT2D eigenvalue weighted by Crippen LogP contribution is -2.44. The maximum Gasteiger partial charge on any atom is 0.495 e. The van der Waals surface area contributed by atoms with Gasteiger partial charge in [0.15, 0.2) is 6.61 Å². The summed E-state index contributed by atoms with van der Waals surface area (Å²) in [5.41, 5.74) is 1.70. The molecule has 2 aromatic rings. The molecule has 0 aliphatic carbocycles. The molecule has 0 unspecified atom stereocenters. The largest absolute Gasteiger partial charge is 0.495 e. The summed E-state index contributed by atoms with van der Waals surface area (Å²) in [7, 11) is -0.542. The molecule has 1 amide bonds. The molecule has 0 spiro atoms. The van der Waals surface area contributed by atoms with E-state index in [0.29, 0.717) is 5.75 Å². The minimum absolute atomic E-state index is 0.193. The van der Waals surface area contributed by atoms with Gasteiger partial charge in [0, 0.05) is 6.42 Å². The summed E-state index contributed by atoms with van der Waals surface area (Å²) < 4.78 is 17.9. The molecule has 0 saturated carbocycles. The van der Waals surface area contributed by atoms with Gasteiger partial charge in [-0.15, -0.1) is 0 Å². The first-order valence-electron chi connectivity index (χ1n) is 10.6. The van der Waals surface area contributed by atoms with Crippen LogP contribution < -0.4 is 15.5 Å². The number of carbonyl (C=O) groups is 2. The highest BCUT2D eigenvalue weighted by molar-refractivity contribution is 6.62. The average molecular weight is 439 g/mol. The van der Waals surface area contributed by atoms with Crippen molar-refractivity contribution in [3.05, 3.63) is 59.7 Å². The average Bonchev–Trinajstić information content (AvgIpc) is 2.94. The van der Waals surface area contributed by atoms with Crippen molar-refractivity contribution in [1.82, 2.24) is 5.32 Å². The van der Waals surface area contributed by atoms with E-state index < -0.39 is 36.2 Å². The summed E-state index contributed by atoms with van der Waals surface area (Å²) in [4.78, 5) is 23.9. The molecular weight excluding hydrogens is 409 g/mol. The predicted molar refractivity (Wildman–Crippen MR) is 122 cm³/mol. The molecule has 0 aromatic heterocycles. The fourth-order valence-corrected chi connectivity index (χ4v) is 3.37. The van der Waals surface area contributed by atoms with Crippen LogP contribution in [-0.2, 0) is 25.3 Å². The molecule has 7 nitrogen and oxygen atoms in total. The Morgan fingerprint density at radius 1 is 1.06 bits per heavy atom. The predicted octanol–water partition coefficient (Wildman–Crippen LogP) is 2.49. The minimum Gasteiger partial charge on any atom is -0.484 e. The molecule has 0 radical (unpaired) electrons. The molecule has 8 heteroatoms. The number of nitrogens with one attached hydrogen (secondary N) is 1. The number of amides is 1. The summed E-state index contributed by atoms with van der Waals surface area (Å²) >= 11 is 0. The van der Waals surface area contributed by atoms with E-state index in [1.54, 1.807) is 12.1 Å². The maximum absolute atomic E-state index is 12.4. The molecule has 1 aliphatic rings. The highest BCUT2D eigenvalue weighted by Crippen LogP contribution is 2.36. The van der Waals surface area contributed by atoms with Gasteiger partial charge < -0.3 is 24.5 Å². The number of aryl methyl sites for hydroxylation is 1. The summed E-state index contributed by atoms with van der Waals surface area (Å²) in [6, 6.07) is 13.5.